The van der Waals surface area contributed by atoms with Crippen molar-refractivity contribution in [2.24, 2.45) is 5.92 Å². The standard InChI is InChI=1S/C18H22N2O3S/c1-12(2)9-15-20-13(3)17(24-15)18(22)19-10-16(21)23-11-14-7-5-4-6-8-14/h4-8,12H,9-11H2,1-3H3,(H,19,22). The van der Waals surface area contributed by atoms with Gasteiger partial charge >= 0.3 is 5.97 Å². The lowest BCUT2D eigenvalue weighted by atomic mass is 10.1. The highest BCUT2D eigenvalue weighted by molar-refractivity contribution is 7.13. The van der Waals surface area contributed by atoms with Gasteiger partial charge in [-0.2, -0.15) is 0 Å². The second kappa shape index (κ2) is 8.59. The maximum absolute atomic E-state index is 12.2. The van der Waals surface area contributed by atoms with Crippen LogP contribution >= 0.6 is 11.3 Å². The van der Waals surface area contributed by atoms with E-state index in [1.54, 1.807) is 0 Å². The normalized spacial score (nSPS) is 10.7. The first kappa shape index (κ1) is 18.1. The fourth-order valence-corrected chi connectivity index (χ4v) is 3.31. The van der Waals surface area contributed by atoms with E-state index in [2.05, 4.69) is 24.1 Å². The smallest absolute Gasteiger partial charge is 0.325 e. The molecular weight excluding hydrogens is 324 g/mol. The minimum atomic E-state index is -0.461. The number of hydrogen-bond acceptors (Lipinski definition) is 5. The summed E-state index contributed by atoms with van der Waals surface area (Å²) < 4.78 is 5.14. The Morgan fingerprint density at radius 2 is 1.96 bits per heavy atom. The molecule has 0 saturated heterocycles. The lowest BCUT2D eigenvalue weighted by molar-refractivity contribution is -0.143. The summed E-state index contributed by atoms with van der Waals surface area (Å²) in [5.41, 5.74) is 1.61. The Labute approximate surface area is 146 Å². The van der Waals surface area contributed by atoms with E-state index in [4.69, 9.17) is 4.74 Å². The van der Waals surface area contributed by atoms with Crippen LogP contribution in [0.1, 0.15) is 39.8 Å². The number of thiazole rings is 1. The van der Waals surface area contributed by atoms with Crippen LogP contribution in [0.5, 0.6) is 0 Å². The molecule has 0 atom stereocenters. The number of carbonyl (C=O) groups excluding carboxylic acids is 2. The molecule has 0 radical (unpaired) electrons. The molecule has 0 spiro atoms. The second-order valence-corrected chi connectivity index (χ2v) is 7.03. The zero-order chi connectivity index (χ0) is 17.5. The van der Waals surface area contributed by atoms with Crippen LogP contribution in [0.4, 0.5) is 0 Å². The summed E-state index contributed by atoms with van der Waals surface area (Å²) in [6, 6.07) is 9.42. The highest BCUT2D eigenvalue weighted by Crippen LogP contribution is 2.20. The lowest BCUT2D eigenvalue weighted by Gasteiger charge is -2.06. The van der Waals surface area contributed by atoms with Crippen molar-refractivity contribution in [2.45, 2.75) is 33.8 Å². The number of esters is 1. The number of nitrogens with one attached hydrogen (secondary N) is 1. The molecule has 1 aromatic carbocycles. The van der Waals surface area contributed by atoms with E-state index in [0.717, 1.165) is 17.0 Å². The lowest BCUT2D eigenvalue weighted by Crippen LogP contribution is -2.30. The third-order valence-electron chi connectivity index (χ3n) is 3.27. The molecule has 0 bridgehead atoms. The van der Waals surface area contributed by atoms with E-state index in [1.165, 1.54) is 11.3 Å². The fourth-order valence-electron chi connectivity index (χ4n) is 2.12. The number of rotatable bonds is 7. The molecule has 2 aromatic rings. The van der Waals surface area contributed by atoms with E-state index in [1.807, 2.05) is 37.3 Å². The zero-order valence-electron chi connectivity index (χ0n) is 14.2. The number of aromatic nitrogens is 1. The number of hydrogen-bond donors (Lipinski definition) is 1. The number of carbonyl (C=O) groups is 2. The number of benzene rings is 1. The number of amides is 1. The Bertz CT molecular complexity index is 696. The summed E-state index contributed by atoms with van der Waals surface area (Å²) in [5, 5.41) is 3.54. The monoisotopic (exact) mass is 346 g/mol. The van der Waals surface area contributed by atoms with Gasteiger partial charge in [-0.15, -0.1) is 11.3 Å². The van der Waals surface area contributed by atoms with E-state index in [-0.39, 0.29) is 19.1 Å². The van der Waals surface area contributed by atoms with Crippen LogP contribution in [-0.4, -0.2) is 23.4 Å². The van der Waals surface area contributed by atoms with Gasteiger partial charge in [0, 0.05) is 6.42 Å². The molecule has 1 N–H and O–H groups in total. The maximum atomic E-state index is 12.2. The third-order valence-corrected chi connectivity index (χ3v) is 4.44. The van der Waals surface area contributed by atoms with Crippen LogP contribution in [-0.2, 0) is 22.6 Å². The van der Waals surface area contributed by atoms with Crippen LogP contribution in [0.15, 0.2) is 30.3 Å². The molecule has 0 aliphatic heterocycles. The van der Waals surface area contributed by atoms with Gasteiger partial charge in [0.15, 0.2) is 0 Å². The van der Waals surface area contributed by atoms with Gasteiger partial charge in [-0.1, -0.05) is 44.2 Å². The predicted molar refractivity (Wildman–Crippen MR) is 94.0 cm³/mol. The molecule has 0 unspecified atom stereocenters. The molecule has 2 rings (SSSR count). The van der Waals surface area contributed by atoms with Gasteiger partial charge in [0.05, 0.1) is 10.7 Å². The quantitative estimate of drug-likeness (QED) is 0.782. The van der Waals surface area contributed by atoms with Crippen molar-refractivity contribution >= 4 is 23.2 Å². The molecule has 5 nitrogen and oxygen atoms in total. The molecule has 1 heterocycles. The van der Waals surface area contributed by atoms with Crippen molar-refractivity contribution in [1.82, 2.24) is 10.3 Å². The average Bonchev–Trinajstić information content (AvgIpc) is 2.91. The molecule has 1 aromatic heterocycles. The van der Waals surface area contributed by atoms with Gasteiger partial charge in [-0.05, 0) is 18.4 Å². The van der Waals surface area contributed by atoms with Gasteiger partial charge in [0.1, 0.15) is 18.0 Å². The summed E-state index contributed by atoms with van der Waals surface area (Å²) in [6.07, 6.45) is 0.845. The molecule has 1 amide bonds. The SMILES string of the molecule is Cc1nc(CC(C)C)sc1C(=O)NCC(=O)OCc1ccccc1. The maximum Gasteiger partial charge on any atom is 0.325 e. The molecule has 0 saturated carbocycles. The molecule has 6 heteroatoms. The van der Waals surface area contributed by atoms with Gasteiger partial charge in [-0.25, -0.2) is 4.98 Å². The van der Waals surface area contributed by atoms with Gasteiger partial charge in [0.25, 0.3) is 5.91 Å². The van der Waals surface area contributed by atoms with Crippen molar-refractivity contribution in [2.75, 3.05) is 6.54 Å². The summed E-state index contributed by atoms with van der Waals surface area (Å²) >= 11 is 1.38. The van der Waals surface area contributed by atoms with E-state index in [9.17, 15) is 9.59 Å². The minimum Gasteiger partial charge on any atom is -0.460 e. The average molecular weight is 346 g/mol. The summed E-state index contributed by atoms with van der Waals surface area (Å²) in [4.78, 5) is 28.9. The summed E-state index contributed by atoms with van der Waals surface area (Å²) in [7, 11) is 0. The Hall–Kier alpha value is -2.21. The number of ether oxygens (including phenoxy) is 1. The summed E-state index contributed by atoms with van der Waals surface area (Å²) in [5.74, 6) is -0.257. The molecule has 0 fully saturated rings. The van der Waals surface area contributed by atoms with Crippen LogP contribution in [0.3, 0.4) is 0 Å². The Kier molecular flexibility index (Phi) is 6.49. The van der Waals surface area contributed by atoms with Crippen LogP contribution < -0.4 is 5.32 Å². The second-order valence-electron chi connectivity index (χ2n) is 5.95. The first-order valence-electron chi connectivity index (χ1n) is 7.89. The number of nitrogens with zero attached hydrogens (tertiary/aromatic N) is 1. The van der Waals surface area contributed by atoms with Crippen molar-refractivity contribution in [3.63, 3.8) is 0 Å². The largest absolute Gasteiger partial charge is 0.460 e. The molecular formula is C18H22N2O3S. The van der Waals surface area contributed by atoms with Crippen molar-refractivity contribution < 1.29 is 14.3 Å². The van der Waals surface area contributed by atoms with Gasteiger partial charge in [-0.3, -0.25) is 9.59 Å². The van der Waals surface area contributed by atoms with Gasteiger partial charge < -0.3 is 10.1 Å². The van der Waals surface area contributed by atoms with Crippen molar-refractivity contribution in [3.05, 3.63) is 51.5 Å². The highest BCUT2D eigenvalue weighted by Gasteiger charge is 2.16. The Balaban J connectivity index is 1.82. The van der Waals surface area contributed by atoms with Crippen LogP contribution in [0.25, 0.3) is 0 Å². The van der Waals surface area contributed by atoms with Crippen molar-refractivity contribution in [3.8, 4) is 0 Å². The van der Waals surface area contributed by atoms with E-state index >= 15 is 0 Å². The third kappa shape index (κ3) is 5.45. The Morgan fingerprint density at radius 1 is 1.25 bits per heavy atom. The Morgan fingerprint density at radius 3 is 2.62 bits per heavy atom. The van der Waals surface area contributed by atoms with Crippen LogP contribution in [0.2, 0.25) is 0 Å². The molecule has 0 aliphatic carbocycles. The first-order valence-corrected chi connectivity index (χ1v) is 8.71. The molecule has 24 heavy (non-hydrogen) atoms. The van der Waals surface area contributed by atoms with E-state index in [0.29, 0.717) is 16.5 Å². The van der Waals surface area contributed by atoms with Crippen LogP contribution in [0, 0.1) is 12.8 Å². The number of aryl methyl sites for hydroxylation is 1. The van der Waals surface area contributed by atoms with Gasteiger partial charge in [0.2, 0.25) is 0 Å². The van der Waals surface area contributed by atoms with Crippen molar-refractivity contribution in [1.29, 1.82) is 0 Å². The van der Waals surface area contributed by atoms with E-state index < -0.39 is 5.97 Å². The minimum absolute atomic E-state index is 0.150. The molecule has 128 valence electrons. The highest BCUT2D eigenvalue weighted by atomic mass is 32.1. The first-order chi connectivity index (χ1) is 11.5. The summed E-state index contributed by atoms with van der Waals surface area (Å²) in [6.45, 7) is 6.08. The topological polar surface area (TPSA) is 68.3 Å². The fraction of sp³-hybridized carbons (Fsp3) is 0.389. The zero-order valence-corrected chi connectivity index (χ0v) is 15.0. The molecule has 0 aliphatic rings. The predicted octanol–water partition coefficient (Wildman–Crippen LogP) is 3.12.